The number of aliphatic hydroxyl groups excluding tert-OH is 1. The van der Waals surface area contributed by atoms with Crippen LogP contribution >= 0.6 is 0 Å². The van der Waals surface area contributed by atoms with Gasteiger partial charge in [-0.2, -0.15) is 0 Å². The monoisotopic (exact) mass is 256 g/mol. The summed E-state index contributed by atoms with van der Waals surface area (Å²) in [5, 5.41) is 8.80. The normalized spacial score (nSPS) is 28.8. The van der Waals surface area contributed by atoms with Gasteiger partial charge in [-0.05, 0) is 64.1 Å². The zero-order chi connectivity index (χ0) is 13.4. The van der Waals surface area contributed by atoms with Gasteiger partial charge in [0.2, 0.25) is 0 Å². The zero-order valence-corrected chi connectivity index (χ0v) is 12.3. The number of hydrogen-bond donors (Lipinski definition) is 2. The van der Waals surface area contributed by atoms with Crippen molar-refractivity contribution in [3.05, 3.63) is 0 Å². The molecule has 1 rings (SSSR count). The van der Waals surface area contributed by atoms with E-state index >= 15 is 0 Å². The second-order valence-corrected chi connectivity index (χ2v) is 5.92. The maximum absolute atomic E-state index is 8.80. The largest absolute Gasteiger partial charge is 0.396 e. The minimum Gasteiger partial charge on any atom is -0.396 e. The molecule has 0 saturated heterocycles. The van der Waals surface area contributed by atoms with Gasteiger partial charge in [-0.1, -0.05) is 19.8 Å². The number of aliphatic hydroxyl groups is 1. The van der Waals surface area contributed by atoms with Crippen LogP contribution in [-0.2, 0) is 0 Å². The van der Waals surface area contributed by atoms with Gasteiger partial charge in [0.25, 0.3) is 0 Å². The minimum atomic E-state index is 0.330. The first-order valence-electron chi connectivity index (χ1n) is 7.74. The molecular formula is C15H32N2O. The number of nitrogens with zero attached hydrogens (tertiary/aromatic N) is 1. The third-order valence-electron chi connectivity index (χ3n) is 4.68. The van der Waals surface area contributed by atoms with Crippen LogP contribution < -0.4 is 5.73 Å². The third kappa shape index (κ3) is 4.87. The Bertz CT molecular complexity index is 211. The molecule has 0 aromatic carbocycles. The summed E-state index contributed by atoms with van der Waals surface area (Å²) in [5.74, 6) is 1.59. The third-order valence-corrected chi connectivity index (χ3v) is 4.68. The van der Waals surface area contributed by atoms with Crippen LogP contribution in [0.4, 0.5) is 0 Å². The van der Waals surface area contributed by atoms with Crippen molar-refractivity contribution < 1.29 is 5.11 Å². The summed E-state index contributed by atoms with van der Waals surface area (Å²) in [7, 11) is 2.25. The van der Waals surface area contributed by atoms with Gasteiger partial charge in [0.1, 0.15) is 0 Å². The van der Waals surface area contributed by atoms with E-state index in [0.29, 0.717) is 18.6 Å². The van der Waals surface area contributed by atoms with Crippen molar-refractivity contribution in [3.63, 3.8) is 0 Å². The lowest BCUT2D eigenvalue weighted by atomic mass is 9.76. The Balaban J connectivity index is 2.38. The fourth-order valence-electron chi connectivity index (χ4n) is 3.30. The highest BCUT2D eigenvalue weighted by molar-refractivity contribution is 4.86. The second-order valence-electron chi connectivity index (χ2n) is 5.92. The lowest BCUT2D eigenvalue weighted by Gasteiger charge is -2.41. The fourth-order valence-corrected chi connectivity index (χ4v) is 3.30. The zero-order valence-electron chi connectivity index (χ0n) is 12.3. The van der Waals surface area contributed by atoms with Gasteiger partial charge < -0.3 is 15.7 Å². The van der Waals surface area contributed by atoms with Crippen molar-refractivity contribution in [2.45, 2.75) is 57.9 Å². The lowest BCUT2D eigenvalue weighted by Crippen LogP contribution is -2.45. The number of unbranched alkanes of at least 4 members (excludes halogenated alkanes) is 2. The molecule has 0 aliphatic heterocycles. The summed E-state index contributed by atoms with van der Waals surface area (Å²) >= 11 is 0. The molecule has 3 atom stereocenters. The molecule has 18 heavy (non-hydrogen) atoms. The molecule has 1 aliphatic rings. The molecule has 0 heterocycles. The SMILES string of the molecule is CCC1CCC(CN)C(N(C)CCCCCO)C1. The van der Waals surface area contributed by atoms with Crippen molar-refractivity contribution in [2.24, 2.45) is 17.6 Å². The van der Waals surface area contributed by atoms with E-state index in [1.165, 1.54) is 32.1 Å². The number of rotatable bonds is 8. The molecule has 0 bridgehead atoms. The van der Waals surface area contributed by atoms with Crippen LogP contribution in [0.25, 0.3) is 0 Å². The van der Waals surface area contributed by atoms with Crippen molar-refractivity contribution in [1.29, 1.82) is 0 Å². The van der Waals surface area contributed by atoms with Gasteiger partial charge in [-0.15, -0.1) is 0 Å². The topological polar surface area (TPSA) is 49.5 Å². The van der Waals surface area contributed by atoms with Crippen LogP contribution in [0.3, 0.4) is 0 Å². The first-order chi connectivity index (χ1) is 8.72. The smallest absolute Gasteiger partial charge is 0.0431 e. The van der Waals surface area contributed by atoms with Crippen molar-refractivity contribution in [1.82, 2.24) is 4.90 Å². The van der Waals surface area contributed by atoms with E-state index in [0.717, 1.165) is 31.8 Å². The maximum Gasteiger partial charge on any atom is 0.0431 e. The predicted octanol–water partition coefficient (Wildman–Crippen LogP) is 2.23. The van der Waals surface area contributed by atoms with Crippen LogP contribution in [-0.4, -0.2) is 42.8 Å². The average Bonchev–Trinajstić information content (AvgIpc) is 2.42. The Morgan fingerprint density at radius 1 is 1.22 bits per heavy atom. The Labute approximate surface area is 113 Å². The van der Waals surface area contributed by atoms with Gasteiger partial charge >= 0.3 is 0 Å². The molecule has 3 unspecified atom stereocenters. The van der Waals surface area contributed by atoms with Crippen LogP contribution in [0.2, 0.25) is 0 Å². The highest BCUT2D eigenvalue weighted by Crippen LogP contribution is 2.33. The van der Waals surface area contributed by atoms with E-state index in [1.54, 1.807) is 0 Å². The van der Waals surface area contributed by atoms with Gasteiger partial charge in [-0.25, -0.2) is 0 Å². The van der Waals surface area contributed by atoms with E-state index in [2.05, 4.69) is 18.9 Å². The number of nitrogens with two attached hydrogens (primary N) is 1. The Morgan fingerprint density at radius 3 is 2.61 bits per heavy atom. The molecule has 0 radical (unpaired) electrons. The molecule has 3 heteroatoms. The molecule has 108 valence electrons. The summed E-state index contributed by atoms with van der Waals surface area (Å²) in [6, 6.07) is 0.683. The first kappa shape index (κ1) is 15.9. The van der Waals surface area contributed by atoms with E-state index in [1.807, 2.05) is 0 Å². The molecule has 3 N–H and O–H groups in total. The summed E-state index contributed by atoms with van der Waals surface area (Å²) in [5.41, 5.74) is 5.93. The molecule has 0 spiro atoms. The Morgan fingerprint density at radius 2 is 2.00 bits per heavy atom. The molecule has 1 fully saturated rings. The van der Waals surface area contributed by atoms with Gasteiger partial charge in [-0.3, -0.25) is 0 Å². The molecule has 0 aromatic rings. The van der Waals surface area contributed by atoms with Gasteiger partial charge in [0.15, 0.2) is 0 Å². The van der Waals surface area contributed by atoms with Crippen LogP contribution in [0, 0.1) is 11.8 Å². The molecular weight excluding hydrogens is 224 g/mol. The highest BCUT2D eigenvalue weighted by Gasteiger charge is 2.31. The molecule has 1 saturated carbocycles. The summed E-state index contributed by atoms with van der Waals surface area (Å²) in [6.45, 7) is 4.63. The Kier molecular flexibility index (Phi) is 7.87. The van der Waals surface area contributed by atoms with Gasteiger partial charge in [0, 0.05) is 12.6 Å². The van der Waals surface area contributed by atoms with Crippen LogP contribution in [0.1, 0.15) is 51.9 Å². The highest BCUT2D eigenvalue weighted by atomic mass is 16.2. The van der Waals surface area contributed by atoms with E-state index in [9.17, 15) is 0 Å². The van der Waals surface area contributed by atoms with E-state index in [-0.39, 0.29) is 0 Å². The molecule has 3 nitrogen and oxygen atoms in total. The molecule has 0 amide bonds. The Hall–Kier alpha value is -0.120. The quantitative estimate of drug-likeness (QED) is 0.655. The molecule has 1 aliphatic carbocycles. The maximum atomic E-state index is 8.80. The lowest BCUT2D eigenvalue weighted by molar-refractivity contribution is 0.0999. The van der Waals surface area contributed by atoms with E-state index < -0.39 is 0 Å². The minimum absolute atomic E-state index is 0.330. The second kappa shape index (κ2) is 8.89. The number of hydrogen-bond acceptors (Lipinski definition) is 3. The van der Waals surface area contributed by atoms with Crippen LogP contribution in [0.15, 0.2) is 0 Å². The predicted molar refractivity (Wildman–Crippen MR) is 77.5 cm³/mol. The van der Waals surface area contributed by atoms with Crippen LogP contribution in [0.5, 0.6) is 0 Å². The van der Waals surface area contributed by atoms with Crippen molar-refractivity contribution in [3.8, 4) is 0 Å². The average molecular weight is 256 g/mol. The van der Waals surface area contributed by atoms with E-state index in [4.69, 9.17) is 10.8 Å². The first-order valence-corrected chi connectivity index (χ1v) is 7.74. The van der Waals surface area contributed by atoms with Gasteiger partial charge in [0.05, 0.1) is 0 Å². The summed E-state index contributed by atoms with van der Waals surface area (Å²) in [6.07, 6.45) is 8.59. The van der Waals surface area contributed by atoms with Crippen molar-refractivity contribution >= 4 is 0 Å². The summed E-state index contributed by atoms with van der Waals surface area (Å²) in [4.78, 5) is 2.52. The standard InChI is InChI=1S/C15H32N2O/c1-3-13-7-8-14(12-16)15(11-13)17(2)9-5-4-6-10-18/h13-15,18H,3-12,16H2,1-2H3. The summed E-state index contributed by atoms with van der Waals surface area (Å²) < 4.78 is 0. The fraction of sp³-hybridized carbons (Fsp3) is 1.00. The molecule has 0 aromatic heterocycles. The van der Waals surface area contributed by atoms with Crippen molar-refractivity contribution in [2.75, 3.05) is 26.7 Å².